The molecule has 0 bridgehead atoms. The fraction of sp³-hybridized carbons (Fsp3) is 0.238. The topological polar surface area (TPSA) is 104 Å². The number of hydrogen-bond acceptors (Lipinski definition) is 7. The molecule has 3 heterocycles. The number of aliphatic hydroxyl groups is 1. The summed E-state index contributed by atoms with van der Waals surface area (Å²) in [5.74, 6) is 0.310. The number of anilines is 2. The second kappa shape index (κ2) is 9.61. The number of aliphatic hydroxyl groups excluding tert-OH is 1. The van der Waals surface area contributed by atoms with Crippen LogP contribution in [0.5, 0.6) is 0 Å². The van der Waals surface area contributed by atoms with Gasteiger partial charge in [0.2, 0.25) is 11.8 Å². The highest BCUT2D eigenvalue weighted by molar-refractivity contribution is 6.33. The number of nitrogens with zero attached hydrogens (tertiary/aromatic N) is 4. The molecule has 178 valence electrons. The summed E-state index contributed by atoms with van der Waals surface area (Å²) in [6, 6.07) is 4.65. The van der Waals surface area contributed by atoms with Crippen LogP contribution >= 0.6 is 23.2 Å². The summed E-state index contributed by atoms with van der Waals surface area (Å²) in [6.07, 6.45) is -1.00. The van der Waals surface area contributed by atoms with Crippen LogP contribution in [-0.2, 0) is 17.6 Å². The van der Waals surface area contributed by atoms with Crippen molar-refractivity contribution in [3.8, 4) is 11.5 Å². The van der Waals surface area contributed by atoms with Gasteiger partial charge in [-0.15, -0.1) is 10.2 Å². The Morgan fingerprint density at radius 1 is 1.21 bits per heavy atom. The molecule has 1 amide bonds. The standard InChI is InChI=1S/C21H16Cl2F3N5O3/c22-15-8-13(1-2-14(15)21(24,25)26)28-19(33)11-3-5-31(6-4-11)18-16(23)7-12(9-27-18)20-30-29-17(10-32)34-20/h1-3,7-9,32H,4-6,10H2,(H,28,33). The molecule has 0 unspecified atom stereocenters. The molecule has 2 N–H and O–H groups in total. The Labute approximate surface area is 201 Å². The maximum Gasteiger partial charge on any atom is 0.417 e. The van der Waals surface area contributed by atoms with Crippen molar-refractivity contribution in [1.29, 1.82) is 0 Å². The lowest BCUT2D eigenvalue weighted by atomic mass is 10.1. The first-order valence-corrected chi connectivity index (χ1v) is 10.6. The monoisotopic (exact) mass is 513 g/mol. The van der Waals surface area contributed by atoms with Crippen LogP contribution in [0, 0.1) is 0 Å². The van der Waals surface area contributed by atoms with Gasteiger partial charge in [-0.05, 0) is 30.7 Å². The van der Waals surface area contributed by atoms with Crippen LogP contribution in [0.15, 0.2) is 46.5 Å². The Morgan fingerprint density at radius 2 is 2.00 bits per heavy atom. The summed E-state index contributed by atoms with van der Waals surface area (Å²) >= 11 is 12.1. The van der Waals surface area contributed by atoms with Crippen LogP contribution < -0.4 is 10.2 Å². The maximum absolute atomic E-state index is 12.8. The van der Waals surface area contributed by atoms with Crippen molar-refractivity contribution in [2.24, 2.45) is 0 Å². The van der Waals surface area contributed by atoms with Crippen LogP contribution in [-0.4, -0.2) is 39.3 Å². The molecule has 8 nitrogen and oxygen atoms in total. The van der Waals surface area contributed by atoms with Gasteiger partial charge in [0.25, 0.3) is 5.91 Å². The van der Waals surface area contributed by atoms with E-state index in [1.54, 1.807) is 12.1 Å². The number of halogens is 5. The van der Waals surface area contributed by atoms with E-state index >= 15 is 0 Å². The highest BCUT2D eigenvalue weighted by Crippen LogP contribution is 2.36. The number of benzene rings is 1. The molecule has 0 radical (unpaired) electrons. The minimum atomic E-state index is -4.57. The molecule has 1 aromatic carbocycles. The van der Waals surface area contributed by atoms with Gasteiger partial charge in [-0.25, -0.2) is 4.98 Å². The zero-order chi connectivity index (χ0) is 24.5. The van der Waals surface area contributed by atoms with Gasteiger partial charge in [0.05, 0.1) is 21.2 Å². The summed E-state index contributed by atoms with van der Waals surface area (Å²) in [5.41, 5.74) is 0.159. The number of amides is 1. The number of pyridine rings is 1. The van der Waals surface area contributed by atoms with E-state index in [0.717, 1.165) is 18.2 Å². The normalized spacial score (nSPS) is 14.2. The number of nitrogens with one attached hydrogen (secondary N) is 1. The van der Waals surface area contributed by atoms with Gasteiger partial charge >= 0.3 is 6.18 Å². The Morgan fingerprint density at radius 3 is 2.59 bits per heavy atom. The third kappa shape index (κ3) is 5.16. The van der Waals surface area contributed by atoms with Gasteiger partial charge in [0.15, 0.2) is 0 Å². The van der Waals surface area contributed by atoms with Crippen molar-refractivity contribution in [2.45, 2.75) is 19.2 Å². The number of hydrogen-bond donors (Lipinski definition) is 2. The zero-order valence-electron chi connectivity index (χ0n) is 17.2. The SMILES string of the molecule is O=C(Nc1ccc(C(F)(F)F)c(Cl)c1)C1=CCN(c2ncc(-c3nnc(CO)o3)cc2Cl)CC1. The predicted molar refractivity (Wildman–Crippen MR) is 118 cm³/mol. The number of carbonyl (C=O) groups excluding carboxylic acids is 1. The molecule has 3 aromatic rings. The van der Waals surface area contributed by atoms with E-state index in [-0.39, 0.29) is 24.1 Å². The second-order valence-corrected chi connectivity index (χ2v) is 8.07. The van der Waals surface area contributed by atoms with Crippen molar-refractivity contribution >= 4 is 40.6 Å². The molecule has 0 fully saturated rings. The lowest BCUT2D eigenvalue weighted by Crippen LogP contribution is -2.32. The molecule has 1 aliphatic heterocycles. The first-order valence-electron chi connectivity index (χ1n) is 9.87. The van der Waals surface area contributed by atoms with E-state index in [4.69, 9.17) is 32.7 Å². The summed E-state index contributed by atoms with van der Waals surface area (Å²) in [4.78, 5) is 18.8. The molecule has 13 heteroatoms. The molecule has 0 saturated heterocycles. The third-order valence-electron chi connectivity index (χ3n) is 5.00. The number of alkyl halides is 3. The molecular formula is C21H16Cl2F3N5O3. The Hall–Kier alpha value is -3.15. The number of aromatic nitrogens is 3. The van der Waals surface area contributed by atoms with E-state index in [2.05, 4.69) is 20.5 Å². The van der Waals surface area contributed by atoms with Crippen LogP contribution in [0.25, 0.3) is 11.5 Å². The van der Waals surface area contributed by atoms with E-state index in [1.807, 2.05) is 4.90 Å². The van der Waals surface area contributed by atoms with Crippen LogP contribution in [0.4, 0.5) is 24.7 Å². The molecule has 1 aliphatic rings. The predicted octanol–water partition coefficient (Wildman–Crippen LogP) is 4.72. The molecular weight excluding hydrogens is 498 g/mol. The Kier molecular flexibility index (Phi) is 6.78. The van der Waals surface area contributed by atoms with Crippen molar-refractivity contribution in [3.05, 3.63) is 63.6 Å². The quantitative estimate of drug-likeness (QED) is 0.508. The van der Waals surface area contributed by atoms with Gasteiger partial charge in [-0.1, -0.05) is 29.3 Å². The van der Waals surface area contributed by atoms with Gasteiger partial charge in [-0.2, -0.15) is 13.2 Å². The number of rotatable bonds is 5. The van der Waals surface area contributed by atoms with Crippen LogP contribution in [0.1, 0.15) is 17.9 Å². The molecule has 34 heavy (non-hydrogen) atoms. The van der Waals surface area contributed by atoms with Crippen molar-refractivity contribution in [2.75, 3.05) is 23.3 Å². The maximum atomic E-state index is 12.8. The Bertz CT molecular complexity index is 1260. The van der Waals surface area contributed by atoms with Gasteiger partial charge in [0, 0.05) is 30.5 Å². The summed E-state index contributed by atoms with van der Waals surface area (Å²) in [6.45, 7) is 0.403. The average Bonchev–Trinajstić information content (AvgIpc) is 3.28. The van der Waals surface area contributed by atoms with E-state index in [9.17, 15) is 18.0 Å². The molecule has 0 atom stereocenters. The van der Waals surface area contributed by atoms with Crippen molar-refractivity contribution < 1.29 is 27.5 Å². The molecule has 0 aliphatic carbocycles. The Balaban J connectivity index is 1.42. The second-order valence-electron chi connectivity index (χ2n) is 7.26. The smallest absolute Gasteiger partial charge is 0.417 e. The summed E-state index contributed by atoms with van der Waals surface area (Å²) in [7, 11) is 0. The van der Waals surface area contributed by atoms with Gasteiger partial charge in [-0.3, -0.25) is 4.79 Å². The lowest BCUT2D eigenvalue weighted by molar-refractivity contribution is -0.137. The minimum Gasteiger partial charge on any atom is -0.418 e. The van der Waals surface area contributed by atoms with Gasteiger partial charge < -0.3 is 19.7 Å². The average molecular weight is 514 g/mol. The summed E-state index contributed by atoms with van der Waals surface area (Å²) < 4.78 is 43.8. The van der Waals surface area contributed by atoms with Crippen LogP contribution in [0.3, 0.4) is 0 Å². The third-order valence-corrected chi connectivity index (χ3v) is 5.59. The lowest BCUT2D eigenvalue weighted by Gasteiger charge is -2.27. The highest BCUT2D eigenvalue weighted by atomic mass is 35.5. The van der Waals surface area contributed by atoms with E-state index in [1.165, 1.54) is 6.20 Å². The number of carbonyl (C=O) groups is 1. The highest BCUT2D eigenvalue weighted by Gasteiger charge is 2.33. The fourth-order valence-electron chi connectivity index (χ4n) is 3.32. The van der Waals surface area contributed by atoms with E-state index < -0.39 is 22.7 Å². The van der Waals surface area contributed by atoms with Crippen molar-refractivity contribution in [3.63, 3.8) is 0 Å². The largest absolute Gasteiger partial charge is 0.418 e. The molecule has 0 saturated carbocycles. The minimum absolute atomic E-state index is 0.0701. The summed E-state index contributed by atoms with van der Waals surface area (Å²) in [5, 5.41) is 18.9. The zero-order valence-corrected chi connectivity index (χ0v) is 18.7. The molecule has 4 rings (SSSR count). The molecule has 2 aromatic heterocycles. The van der Waals surface area contributed by atoms with Crippen LogP contribution in [0.2, 0.25) is 10.0 Å². The fourth-order valence-corrected chi connectivity index (χ4v) is 3.89. The first-order chi connectivity index (χ1) is 16.2. The van der Waals surface area contributed by atoms with Crippen molar-refractivity contribution in [1.82, 2.24) is 15.2 Å². The van der Waals surface area contributed by atoms with E-state index in [0.29, 0.717) is 41.5 Å². The van der Waals surface area contributed by atoms with Gasteiger partial charge in [0.1, 0.15) is 12.4 Å². The first kappa shape index (κ1) is 24.0. The molecule has 0 spiro atoms.